The fourth-order valence-corrected chi connectivity index (χ4v) is 3.17. The van der Waals surface area contributed by atoms with Crippen LogP contribution in [0, 0.1) is 0 Å². The van der Waals surface area contributed by atoms with Crippen LogP contribution in [-0.2, 0) is 19.2 Å². The number of benzene rings is 2. The number of aryl methyl sites for hydroxylation is 1. The number of nitrogens with one attached hydrogen (secondary N) is 1. The van der Waals surface area contributed by atoms with Crippen LogP contribution in [0.5, 0.6) is 5.75 Å². The molecule has 0 spiro atoms. The number of rotatable bonds is 5. The first-order valence-corrected chi connectivity index (χ1v) is 9.81. The van der Waals surface area contributed by atoms with Crippen LogP contribution in [0.15, 0.2) is 60.8 Å². The predicted octanol–water partition coefficient (Wildman–Crippen LogP) is 4.36. The summed E-state index contributed by atoms with van der Waals surface area (Å²) in [5.74, 6) is 0.914. The first-order chi connectivity index (χ1) is 14.3. The van der Waals surface area contributed by atoms with Crippen LogP contribution in [0.1, 0.15) is 36.8 Å². The quantitative estimate of drug-likeness (QED) is 0.537. The van der Waals surface area contributed by atoms with Crippen molar-refractivity contribution in [3.63, 3.8) is 0 Å². The summed E-state index contributed by atoms with van der Waals surface area (Å²) in [5, 5.41) is 7.12. The van der Waals surface area contributed by atoms with E-state index in [0.717, 1.165) is 16.8 Å². The van der Waals surface area contributed by atoms with Crippen LogP contribution in [0.25, 0.3) is 11.0 Å². The first-order valence-electron chi connectivity index (χ1n) is 9.81. The Labute approximate surface area is 175 Å². The zero-order valence-corrected chi connectivity index (χ0v) is 17.6. The lowest BCUT2D eigenvalue weighted by Gasteiger charge is -2.19. The first kappa shape index (κ1) is 19.7. The highest BCUT2D eigenvalue weighted by Gasteiger charge is 2.15. The molecule has 2 aromatic carbocycles. The fourth-order valence-electron chi connectivity index (χ4n) is 3.17. The summed E-state index contributed by atoms with van der Waals surface area (Å²) in [4.78, 5) is 17.0. The van der Waals surface area contributed by atoms with Crippen molar-refractivity contribution in [3.05, 3.63) is 72.1 Å². The van der Waals surface area contributed by atoms with Gasteiger partial charge in [0.25, 0.3) is 5.91 Å². The summed E-state index contributed by atoms with van der Waals surface area (Å²) in [6, 6.07) is 17.4. The highest BCUT2D eigenvalue weighted by molar-refractivity contribution is 6.02. The third kappa shape index (κ3) is 4.05. The number of hydrogen-bond donors (Lipinski definition) is 1. The molecule has 2 aromatic heterocycles. The molecule has 4 rings (SSSR count). The van der Waals surface area contributed by atoms with Gasteiger partial charge in [0.1, 0.15) is 5.75 Å². The van der Waals surface area contributed by atoms with Crippen LogP contribution in [0.2, 0.25) is 0 Å². The molecule has 0 fully saturated rings. The van der Waals surface area contributed by atoms with Gasteiger partial charge >= 0.3 is 0 Å². The van der Waals surface area contributed by atoms with Crippen LogP contribution in [0.4, 0.5) is 5.95 Å². The van der Waals surface area contributed by atoms with E-state index in [4.69, 9.17) is 4.74 Å². The molecule has 0 aliphatic rings. The van der Waals surface area contributed by atoms with Crippen LogP contribution < -0.4 is 10.1 Å². The van der Waals surface area contributed by atoms with E-state index in [1.54, 1.807) is 16.9 Å². The van der Waals surface area contributed by atoms with E-state index >= 15 is 0 Å². The average Bonchev–Trinajstić information content (AvgIpc) is 3.32. The van der Waals surface area contributed by atoms with Gasteiger partial charge in [-0.15, -0.1) is 0 Å². The lowest BCUT2D eigenvalue weighted by atomic mass is 9.87. The molecule has 1 N–H and O–H groups in total. The maximum Gasteiger partial charge on any atom is 0.278 e. The Balaban J connectivity index is 1.39. The van der Waals surface area contributed by atoms with Gasteiger partial charge in [-0.1, -0.05) is 45.0 Å². The van der Waals surface area contributed by atoms with Crippen molar-refractivity contribution in [1.29, 1.82) is 0 Å². The summed E-state index contributed by atoms with van der Waals surface area (Å²) < 4.78 is 9.21. The Hall–Kier alpha value is -3.61. The van der Waals surface area contributed by atoms with Crippen molar-refractivity contribution in [2.45, 2.75) is 32.9 Å². The van der Waals surface area contributed by atoms with Crippen molar-refractivity contribution >= 4 is 22.9 Å². The highest BCUT2D eigenvalue weighted by Crippen LogP contribution is 2.24. The van der Waals surface area contributed by atoms with E-state index in [2.05, 4.69) is 48.3 Å². The summed E-state index contributed by atoms with van der Waals surface area (Å²) in [6.07, 6.45) is 1.72. The second-order valence-corrected chi connectivity index (χ2v) is 8.23. The maximum absolute atomic E-state index is 12.6. The maximum atomic E-state index is 12.6. The highest BCUT2D eigenvalue weighted by atomic mass is 16.5. The largest absolute Gasteiger partial charge is 0.471 e. The van der Waals surface area contributed by atoms with E-state index in [0.29, 0.717) is 11.6 Å². The summed E-state index contributed by atoms with van der Waals surface area (Å²) >= 11 is 0. The minimum Gasteiger partial charge on any atom is -0.471 e. The SMILES string of the molecule is Cn1c(NC(=O)c2ccn(COc3ccc(C(C)(C)C)cc3)n2)nc2ccccc21. The molecule has 0 aliphatic carbocycles. The second kappa shape index (κ2) is 7.67. The van der Waals surface area contributed by atoms with Crippen molar-refractivity contribution in [2.24, 2.45) is 7.05 Å². The smallest absolute Gasteiger partial charge is 0.278 e. The number of carbonyl (C=O) groups excluding carboxylic acids is 1. The third-order valence-electron chi connectivity index (χ3n) is 4.97. The molecule has 0 bridgehead atoms. The number of anilines is 1. The van der Waals surface area contributed by atoms with E-state index in [-0.39, 0.29) is 18.1 Å². The summed E-state index contributed by atoms with van der Waals surface area (Å²) in [7, 11) is 1.86. The molecule has 0 radical (unpaired) electrons. The number of ether oxygens (including phenoxy) is 1. The molecular weight excluding hydrogens is 378 g/mol. The standard InChI is InChI=1S/C23H25N5O2/c1-23(2,3)16-9-11-17(12-10-16)30-15-28-14-13-19(26-28)21(29)25-22-24-18-7-5-6-8-20(18)27(22)4/h5-14H,15H2,1-4H3,(H,24,25,29). The van der Waals surface area contributed by atoms with Crippen LogP contribution >= 0.6 is 0 Å². The van der Waals surface area contributed by atoms with Gasteiger partial charge in [0, 0.05) is 13.2 Å². The Morgan fingerprint density at radius 1 is 1.07 bits per heavy atom. The molecule has 0 saturated heterocycles. The second-order valence-electron chi connectivity index (χ2n) is 8.23. The molecule has 0 unspecified atom stereocenters. The molecule has 0 atom stereocenters. The number of carbonyl (C=O) groups is 1. The molecule has 7 heteroatoms. The Bertz CT molecular complexity index is 1180. The summed E-state index contributed by atoms with van der Waals surface area (Å²) in [5.41, 5.74) is 3.42. The minimum absolute atomic E-state index is 0.0990. The number of imidazole rings is 1. The van der Waals surface area contributed by atoms with Gasteiger partial charge < -0.3 is 9.30 Å². The Morgan fingerprint density at radius 2 is 1.80 bits per heavy atom. The van der Waals surface area contributed by atoms with Gasteiger partial charge in [-0.25, -0.2) is 9.67 Å². The van der Waals surface area contributed by atoms with E-state index in [9.17, 15) is 4.79 Å². The third-order valence-corrected chi connectivity index (χ3v) is 4.97. The molecule has 2 heterocycles. The van der Waals surface area contributed by atoms with Gasteiger partial charge in [0.2, 0.25) is 5.95 Å². The molecular formula is C23H25N5O2. The van der Waals surface area contributed by atoms with Gasteiger partial charge in [-0.05, 0) is 41.3 Å². The number of aromatic nitrogens is 4. The number of amides is 1. The zero-order valence-electron chi connectivity index (χ0n) is 17.6. The normalized spacial score (nSPS) is 11.6. The topological polar surface area (TPSA) is 74.0 Å². The van der Waals surface area contributed by atoms with Crippen molar-refractivity contribution in [2.75, 3.05) is 5.32 Å². The van der Waals surface area contributed by atoms with Gasteiger partial charge in [-0.3, -0.25) is 10.1 Å². The Kier molecular flexibility index (Phi) is 5.03. The van der Waals surface area contributed by atoms with Crippen molar-refractivity contribution < 1.29 is 9.53 Å². The molecule has 154 valence electrons. The minimum atomic E-state index is -0.318. The van der Waals surface area contributed by atoms with E-state index < -0.39 is 0 Å². The number of para-hydroxylation sites is 2. The molecule has 1 amide bonds. The molecule has 0 saturated carbocycles. The number of hydrogen-bond acceptors (Lipinski definition) is 4. The molecule has 30 heavy (non-hydrogen) atoms. The summed E-state index contributed by atoms with van der Waals surface area (Å²) in [6.45, 7) is 6.74. The predicted molar refractivity (Wildman–Crippen MR) is 117 cm³/mol. The van der Waals surface area contributed by atoms with Crippen molar-refractivity contribution in [3.8, 4) is 5.75 Å². The van der Waals surface area contributed by atoms with Crippen LogP contribution in [0.3, 0.4) is 0 Å². The number of nitrogens with zero attached hydrogens (tertiary/aromatic N) is 4. The molecule has 7 nitrogen and oxygen atoms in total. The molecule has 4 aromatic rings. The zero-order chi connectivity index (χ0) is 21.3. The van der Waals surface area contributed by atoms with Crippen LogP contribution in [-0.4, -0.2) is 25.2 Å². The Morgan fingerprint density at radius 3 is 2.50 bits per heavy atom. The fraction of sp³-hybridized carbons (Fsp3) is 0.261. The van der Waals surface area contributed by atoms with E-state index in [1.165, 1.54) is 5.56 Å². The number of fused-ring (bicyclic) bond motifs is 1. The van der Waals surface area contributed by atoms with E-state index in [1.807, 2.05) is 48.0 Å². The lowest BCUT2D eigenvalue weighted by Crippen LogP contribution is -2.16. The van der Waals surface area contributed by atoms with Gasteiger partial charge in [0.05, 0.1) is 11.0 Å². The average molecular weight is 403 g/mol. The lowest BCUT2D eigenvalue weighted by molar-refractivity contribution is 0.101. The monoisotopic (exact) mass is 403 g/mol. The van der Waals surface area contributed by atoms with Gasteiger partial charge in [-0.2, -0.15) is 5.10 Å². The van der Waals surface area contributed by atoms with Gasteiger partial charge in [0.15, 0.2) is 12.4 Å². The molecule has 0 aliphatic heterocycles. The van der Waals surface area contributed by atoms with Crippen molar-refractivity contribution in [1.82, 2.24) is 19.3 Å².